The summed E-state index contributed by atoms with van der Waals surface area (Å²) in [6.07, 6.45) is 1.32. The van der Waals surface area contributed by atoms with Crippen LogP contribution in [0, 0.1) is 11.6 Å². The summed E-state index contributed by atoms with van der Waals surface area (Å²) < 4.78 is 36.7. The fourth-order valence-corrected chi connectivity index (χ4v) is 3.90. The third-order valence-electron chi connectivity index (χ3n) is 5.28. The molecule has 3 aromatic rings. The molecule has 7 nitrogen and oxygen atoms in total. The predicted octanol–water partition coefficient (Wildman–Crippen LogP) is 2.34. The summed E-state index contributed by atoms with van der Waals surface area (Å²) in [5, 5.41) is 3.49. The number of benzene rings is 1. The number of aromatic nitrogens is 2. The Kier molecular flexibility index (Phi) is 5.15. The van der Waals surface area contributed by atoms with E-state index in [2.05, 4.69) is 10.3 Å². The minimum atomic E-state index is -0.761. The van der Waals surface area contributed by atoms with Crippen LogP contribution in [0.5, 0.6) is 0 Å². The van der Waals surface area contributed by atoms with Crippen LogP contribution in [-0.2, 0) is 11.8 Å². The first-order chi connectivity index (χ1) is 14.3. The summed E-state index contributed by atoms with van der Waals surface area (Å²) in [6, 6.07) is 2.66. The van der Waals surface area contributed by atoms with Crippen LogP contribution in [0.15, 0.2) is 23.1 Å². The number of piperazine rings is 1. The molecule has 1 atom stereocenters. The fourth-order valence-electron chi connectivity index (χ4n) is 3.90. The molecule has 0 amide bonds. The molecule has 1 unspecified atom stereocenters. The Morgan fingerprint density at radius 1 is 1.37 bits per heavy atom. The molecule has 3 heterocycles. The molecule has 1 saturated heterocycles. The maximum Gasteiger partial charge on any atom is 0.343 e. The normalized spacial score (nSPS) is 17.0. The monoisotopic (exact) mass is 416 g/mol. The average molecular weight is 416 g/mol. The molecule has 0 spiro atoms. The van der Waals surface area contributed by atoms with Crippen LogP contribution in [0.4, 0.5) is 14.5 Å². The molecule has 4 rings (SSSR count). The first-order valence-corrected chi connectivity index (χ1v) is 9.79. The van der Waals surface area contributed by atoms with Gasteiger partial charge in [-0.3, -0.25) is 4.79 Å². The number of carbonyl (C=O) groups excluding carboxylic acids is 1. The van der Waals surface area contributed by atoms with E-state index in [4.69, 9.17) is 4.74 Å². The number of esters is 1. The lowest BCUT2D eigenvalue weighted by Crippen LogP contribution is -2.49. The van der Waals surface area contributed by atoms with E-state index in [0.717, 1.165) is 0 Å². The fraction of sp³-hybridized carbons (Fsp3) is 0.381. The van der Waals surface area contributed by atoms with Gasteiger partial charge in [0, 0.05) is 44.3 Å². The summed E-state index contributed by atoms with van der Waals surface area (Å²) in [5.74, 6) is -2.22. The molecule has 158 valence electrons. The van der Waals surface area contributed by atoms with Crippen molar-refractivity contribution in [1.82, 2.24) is 14.9 Å². The van der Waals surface area contributed by atoms with Gasteiger partial charge < -0.3 is 19.5 Å². The highest BCUT2D eigenvalue weighted by molar-refractivity contribution is 5.97. The van der Waals surface area contributed by atoms with E-state index in [0.29, 0.717) is 19.6 Å². The van der Waals surface area contributed by atoms with Crippen LogP contribution < -0.4 is 15.6 Å². The summed E-state index contributed by atoms with van der Waals surface area (Å²) in [6.45, 7) is 5.27. The molecule has 0 bridgehead atoms. The lowest BCUT2D eigenvalue weighted by atomic mass is 10.1. The second-order valence-corrected chi connectivity index (χ2v) is 7.46. The van der Waals surface area contributed by atoms with Crippen molar-refractivity contribution < 1.29 is 18.3 Å². The number of pyridine rings is 2. The van der Waals surface area contributed by atoms with E-state index >= 15 is 4.39 Å². The van der Waals surface area contributed by atoms with Gasteiger partial charge in [0.15, 0.2) is 5.82 Å². The average Bonchev–Trinajstić information content (AvgIpc) is 2.70. The van der Waals surface area contributed by atoms with Crippen molar-refractivity contribution >= 4 is 33.6 Å². The molecule has 1 fully saturated rings. The maximum absolute atomic E-state index is 15.4. The SMILES string of the molecule is CCOC(=O)c1cn(C)c2nc3c(F)c(N4CCNC(C)C4)c(F)cc3cc2c1=O. The zero-order valence-electron chi connectivity index (χ0n) is 17.0. The van der Waals surface area contributed by atoms with E-state index in [1.54, 1.807) is 18.9 Å². The highest BCUT2D eigenvalue weighted by Crippen LogP contribution is 2.31. The Morgan fingerprint density at radius 3 is 2.83 bits per heavy atom. The minimum Gasteiger partial charge on any atom is -0.462 e. The summed E-state index contributed by atoms with van der Waals surface area (Å²) in [4.78, 5) is 30.9. The quantitative estimate of drug-likeness (QED) is 0.522. The zero-order chi connectivity index (χ0) is 21.6. The topological polar surface area (TPSA) is 76.5 Å². The Hall–Kier alpha value is -3.07. The predicted molar refractivity (Wildman–Crippen MR) is 110 cm³/mol. The van der Waals surface area contributed by atoms with Gasteiger partial charge >= 0.3 is 5.97 Å². The number of hydrogen-bond donors (Lipinski definition) is 1. The lowest BCUT2D eigenvalue weighted by Gasteiger charge is -2.34. The van der Waals surface area contributed by atoms with Crippen molar-refractivity contribution in [2.45, 2.75) is 19.9 Å². The molecule has 1 aliphatic rings. The second kappa shape index (κ2) is 7.64. The number of aryl methyl sites for hydroxylation is 1. The van der Waals surface area contributed by atoms with Crippen LogP contribution in [0.25, 0.3) is 21.9 Å². The first-order valence-electron chi connectivity index (χ1n) is 9.79. The maximum atomic E-state index is 15.4. The standard InChI is InChI=1S/C21H22F2N4O3/c1-4-30-21(29)14-10-26(3)20-13(19(14)28)7-12-8-15(22)18(16(23)17(12)25-20)27-6-5-24-11(2)9-27/h7-8,10-11,24H,4-6,9H2,1-3H3. The van der Waals surface area contributed by atoms with Crippen molar-refractivity contribution in [3.05, 3.63) is 45.8 Å². The molecular weight excluding hydrogens is 394 g/mol. The zero-order valence-corrected chi connectivity index (χ0v) is 17.0. The molecule has 2 aromatic heterocycles. The second-order valence-electron chi connectivity index (χ2n) is 7.46. The van der Waals surface area contributed by atoms with Crippen molar-refractivity contribution in [3.63, 3.8) is 0 Å². The molecule has 0 aliphatic carbocycles. The highest BCUT2D eigenvalue weighted by atomic mass is 19.1. The van der Waals surface area contributed by atoms with Crippen LogP contribution in [0.3, 0.4) is 0 Å². The molecule has 1 aliphatic heterocycles. The highest BCUT2D eigenvalue weighted by Gasteiger charge is 2.25. The van der Waals surface area contributed by atoms with Crippen molar-refractivity contribution in [2.24, 2.45) is 7.05 Å². The van der Waals surface area contributed by atoms with Gasteiger partial charge in [0.1, 0.15) is 28.2 Å². The molecule has 0 radical (unpaired) electrons. The van der Waals surface area contributed by atoms with E-state index in [-0.39, 0.29) is 45.8 Å². The van der Waals surface area contributed by atoms with Gasteiger partial charge in [-0.05, 0) is 26.0 Å². The molecule has 1 aromatic carbocycles. The van der Waals surface area contributed by atoms with Crippen molar-refractivity contribution in [2.75, 3.05) is 31.1 Å². The number of rotatable bonds is 3. The number of ether oxygens (including phenoxy) is 1. The Balaban J connectivity index is 1.94. The van der Waals surface area contributed by atoms with Crippen LogP contribution in [0.1, 0.15) is 24.2 Å². The molecule has 30 heavy (non-hydrogen) atoms. The summed E-state index contributed by atoms with van der Waals surface area (Å²) >= 11 is 0. The molecule has 9 heteroatoms. The van der Waals surface area contributed by atoms with Crippen molar-refractivity contribution in [1.29, 1.82) is 0 Å². The van der Waals surface area contributed by atoms with Gasteiger partial charge in [0.05, 0.1) is 12.0 Å². The van der Waals surface area contributed by atoms with E-state index in [9.17, 15) is 14.0 Å². The van der Waals surface area contributed by atoms with Crippen LogP contribution in [0.2, 0.25) is 0 Å². The number of nitrogens with zero attached hydrogens (tertiary/aromatic N) is 3. The molecular formula is C21H22F2N4O3. The lowest BCUT2D eigenvalue weighted by molar-refractivity contribution is 0.0524. The van der Waals surface area contributed by atoms with Crippen LogP contribution in [-0.4, -0.2) is 47.8 Å². The number of fused-ring (bicyclic) bond motifs is 2. The van der Waals surface area contributed by atoms with Gasteiger partial charge in [-0.25, -0.2) is 18.6 Å². The summed E-state index contributed by atoms with van der Waals surface area (Å²) in [7, 11) is 1.60. The van der Waals surface area contributed by atoms with Gasteiger partial charge in [-0.15, -0.1) is 0 Å². The van der Waals surface area contributed by atoms with E-state index in [1.165, 1.54) is 22.9 Å². The smallest absolute Gasteiger partial charge is 0.343 e. The number of nitrogens with one attached hydrogen (secondary N) is 1. The van der Waals surface area contributed by atoms with Crippen LogP contribution >= 0.6 is 0 Å². The van der Waals surface area contributed by atoms with Gasteiger partial charge in [-0.1, -0.05) is 0 Å². The molecule has 1 N–H and O–H groups in total. The van der Waals surface area contributed by atoms with Gasteiger partial charge in [0.25, 0.3) is 0 Å². The number of hydrogen-bond acceptors (Lipinski definition) is 6. The number of anilines is 1. The third kappa shape index (κ3) is 3.28. The van der Waals surface area contributed by atoms with E-state index in [1.807, 2.05) is 6.92 Å². The Bertz CT molecular complexity index is 1220. The Labute approximate surface area is 171 Å². The largest absolute Gasteiger partial charge is 0.462 e. The van der Waals surface area contributed by atoms with Gasteiger partial charge in [0.2, 0.25) is 5.43 Å². The van der Waals surface area contributed by atoms with Gasteiger partial charge in [-0.2, -0.15) is 0 Å². The number of carbonyl (C=O) groups is 1. The van der Waals surface area contributed by atoms with E-state index < -0.39 is 23.0 Å². The third-order valence-corrected chi connectivity index (χ3v) is 5.28. The first kappa shape index (κ1) is 20.2. The Morgan fingerprint density at radius 2 is 2.13 bits per heavy atom. The van der Waals surface area contributed by atoms with Crippen molar-refractivity contribution in [3.8, 4) is 0 Å². The summed E-state index contributed by atoms with van der Waals surface area (Å²) in [5.41, 5.74) is -0.678. The number of halogens is 2. The minimum absolute atomic E-state index is 0.0241. The molecule has 0 saturated carbocycles.